The van der Waals surface area contributed by atoms with Gasteiger partial charge in [-0.2, -0.15) is 4.31 Å². The van der Waals surface area contributed by atoms with Crippen LogP contribution < -0.4 is 10.9 Å². The maximum Gasteiger partial charge on any atom is 0.269 e. The van der Waals surface area contributed by atoms with Crippen molar-refractivity contribution in [2.75, 3.05) is 13.6 Å². The summed E-state index contributed by atoms with van der Waals surface area (Å²) < 4.78 is 25.5. The number of hydrogen-bond donors (Lipinski definition) is 2. The van der Waals surface area contributed by atoms with E-state index in [0.29, 0.717) is 5.56 Å². The summed E-state index contributed by atoms with van der Waals surface area (Å²) >= 11 is 0. The monoisotopic (exact) mass is 362 g/mol. The Bertz CT molecular complexity index is 869. The lowest BCUT2D eigenvalue weighted by Gasteiger charge is -2.17. The Hall–Kier alpha value is -2.78. The van der Waals surface area contributed by atoms with Crippen molar-refractivity contribution < 1.29 is 18.0 Å². The second-order valence-corrected chi connectivity index (χ2v) is 7.31. The van der Waals surface area contributed by atoms with Crippen molar-refractivity contribution in [3.63, 3.8) is 0 Å². The largest absolute Gasteiger partial charge is 0.272 e. The van der Waals surface area contributed by atoms with Gasteiger partial charge in [-0.25, -0.2) is 8.42 Å². The minimum absolute atomic E-state index is 0.0192. The highest BCUT2D eigenvalue weighted by Gasteiger charge is 2.23. The molecular weight excluding hydrogens is 344 g/mol. The van der Waals surface area contributed by atoms with E-state index in [1.807, 2.05) is 0 Å². The maximum absolute atomic E-state index is 12.3. The first-order valence-corrected chi connectivity index (χ1v) is 8.77. The van der Waals surface area contributed by atoms with Gasteiger partial charge in [0.15, 0.2) is 0 Å². The minimum atomic E-state index is -3.83. The molecule has 0 radical (unpaired) electrons. The first kappa shape index (κ1) is 18.6. The van der Waals surface area contributed by atoms with Crippen molar-refractivity contribution in [2.24, 2.45) is 0 Å². The fraction of sp³-hybridized carbons (Fsp3) is 0.188. The van der Waals surface area contributed by atoms with Gasteiger partial charge >= 0.3 is 0 Å². The Morgan fingerprint density at radius 1 is 1.12 bits per heavy atom. The molecule has 0 aliphatic rings. The van der Waals surface area contributed by atoms with Crippen LogP contribution in [0.25, 0.3) is 0 Å². The minimum Gasteiger partial charge on any atom is -0.272 e. The summed E-state index contributed by atoms with van der Waals surface area (Å²) in [7, 11) is -2.57. The number of nitrogens with zero attached hydrogens (tertiary/aromatic N) is 2. The molecule has 8 nitrogen and oxygen atoms in total. The Kier molecular flexibility index (Phi) is 5.84. The smallest absolute Gasteiger partial charge is 0.269 e. The number of nitrogens with one attached hydrogen (secondary N) is 2. The number of rotatable bonds is 5. The predicted molar refractivity (Wildman–Crippen MR) is 90.8 cm³/mol. The van der Waals surface area contributed by atoms with Gasteiger partial charge in [0.1, 0.15) is 4.90 Å². The molecule has 0 spiro atoms. The normalized spacial score (nSPS) is 11.2. The van der Waals surface area contributed by atoms with E-state index in [2.05, 4.69) is 15.8 Å². The zero-order valence-corrected chi connectivity index (χ0v) is 14.6. The highest BCUT2D eigenvalue weighted by atomic mass is 32.2. The highest BCUT2D eigenvalue weighted by Crippen LogP contribution is 2.11. The van der Waals surface area contributed by atoms with Crippen molar-refractivity contribution in [2.45, 2.75) is 11.8 Å². The summed E-state index contributed by atoms with van der Waals surface area (Å²) in [6, 6.07) is 9.77. The van der Waals surface area contributed by atoms with E-state index < -0.39 is 28.4 Å². The predicted octanol–water partition coefficient (Wildman–Crippen LogP) is 0.472. The maximum atomic E-state index is 12.3. The number of aryl methyl sites for hydroxylation is 1. The Morgan fingerprint density at radius 2 is 1.84 bits per heavy atom. The molecule has 9 heteroatoms. The third-order valence-corrected chi connectivity index (χ3v) is 5.20. The molecule has 0 saturated heterocycles. The molecule has 0 saturated carbocycles. The van der Waals surface area contributed by atoms with E-state index in [4.69, 9.17) is 0 Å². The fourth-order valence-corrected chi connectivity index (χ4v) is 3.12. The van der Waals surface area contributed by atoms with Crippen molar-refractivity contribution in [3.8, 4) is 0 Å². The summed E-state index contributed by atoms with van der Waals surface area (Å²) in [5, 5.41) is 0. The van der Waals surface area contributed by atoms with Gasteiger partial charge in [0.05, 0.1) is 6.54 Å². The van der Waals surface area contributed by atoms with Gasteiger partial charge in [-0.15, -0.1) is 0 Å². The molecule has 0 bridgehead atoms. The SMILES string of the molecule is Cc1ccccc1C(=O)NNC(=O)CN(C)S(=O)(=O)c1cccnc1. The van der Waals surface area contributed by atoms with Crippen molar-refractivity contribution in [1.29, 1.82) is 0 Å². The van der Waals surface area contributed by atoms with Crippen LogP contribution in [0.1, 0.15) is 15.9 Å². The molecule has 2 amide bonds. The van der Waals surface area contributed by atoms with Crippen LogP contribution in [0, 0.1) is 6.92 Å². The molecule has 25 heavy (non-hydrogen) atoms. The number of aromatic nitrogens is 1. The lowest BCUT2D eigenvalue weighted by Crippen LogP contribution is -2.46. The average Bonchev–Trinajstić information content (AvgIpc) is 2.60. The number of sulfonamides is 1. The molecule has 0 fully saturated rings. The fourth-order valence-electron chi connectivity index (χ4n) is 2.03. The molecule has 1 aromatic carbocycles. The zero-order chi connectivity index (χ0) is 18.4. The molecule has 0 atom stereocenters. The first-order valence-electron chi connectivity index (χ1n) is 7.33. The van der Waals surface area contributed by atoms with Crippen LogP contribution in [0.2, 0.25) is 0 Å². The van der Waals surface area contributed by atoms with E-state index in [9.17, 15) is 18.0 Å². The summed E-state index contributed by atoms with van der Waals surface area (Å²) in [4.78, 5) is 27.6. The van der Waals surface area contributed by atoms with Gasteiger partial charge in [0.2, 0.25) is 10.0 Å². The first-order chi connectivity index (χ1) is 11.8. The number of carbonyl (C=O) groups excluding carboxylic acids is 2. The molecule has 0 aliphatic carbocycles. The van der Waals surface area contributed by atoms with Crippen LogP contribution in [0.3, 0.4) is 0 Å². The highest BCUT2D eigenvalue weighted by molar-refractivity contribution is 7.89. The molecule has 1 heterocycles. The van der Waals surface area contributed by atoms with Gasteiger partial charge in [-0.3, -0.25) is 25.4 Å². The summed E-state index contributed by atoms with van der Waals surface area (Å²) in [5.41, 5.74) is 5.64. The van der Waals surface area contributed by atoms with Crippen LogP contribution in [0.4, 0.5) is 0 Å². The van der Waals surface area contributed by atoms with E-state index in [-0.39, 0.29) is 4.90 Å². The summed E-state index contributed by atoms with van der Waals surface area (Å²) in [6.45, 7) is 1.32. The molecule has 132 valence electrons. The van der Waals surface area contributed by atoms with Gasteiger partial charge in [0.25, 0.3) is 11.8 Å². The molecule has 0 aliphatic heterocycles. The molecule has 2 rings (SSSR count). The van der Waals surface area contributed by atoms with Crippen molar-refractivity contribution >= 4 is 21.8 Å². The standard InChI is InChI=1S/C16H18N4O4S/c1-12-6-3-4-8-14(12)16(22)19-18-15(21)11-20(2)25(23,24)13-7-5-9-17-10-13/h3-10H,11H2,1-2H3,(H,18,21)(H,19,22). The van der Waals surface area contributed by atoms with E-state index in [1.54, 1.807) is 31.2 Å². The Balaban J connectivity index is 1.94. The number of likely N-dealkylation sites (N-methyl/N-ethyl adjacent to an activating group) is 1. The third kappa shape index (κ3) is 4.61. The number of amides is 2. The summed E-state index contributed by atoms with van der Waals surface area (Å²) in [5.74, 6) is -1.15. The number of hydrogen-bond acceptors (Lipinski definition) is 5. The molecule has 2 N–H and O–H groups in total. The van der Waals surface area contributed by atoms with Crippen LogP contribution in [-0.2, 0) is 14.8 Å². The second kappa shape index (κ2) is 7.86. The molecule has 1 aromatic heterocycles. The van der Waals surface area contributed by atoms with Crippen LogP contribution >= 0.6 is 0 Å². The van der Waals surface area contributed by atoms with Crippen LogP contribution in [-0.4, -0.2) is 43.1 Å². The van der Waals surface area contributed by atoms with Crippen LogP contribution in [0.15, 0.2) is 53.7 Å². The number of carbonyl (C=O) groups is 2. The topological polar surface area (TPSA) is 108 Å². The zero-order valence-electron chi connectivity index (χ0n) is 13.8. The number of pyridine rings is 1. The molecule has 0 unspecified atom stereocenters. The van der Waals surface area contributed by atoms with Crippen molar-refractivity contribution in [3.05, 3.63) is 59.9 Å². The van der Waals surface area contributed by atoms with Gasteiger partial charge in [-0.05, 0) is 30.7 Å². The summed E-state index contributed by atoms with van der Waals surface area (Å²) in [6.07, 6.45) is 2.65. The molecule has 2 aromatic rings. The van der Waals surface area contributed by atoms with Crippen molar-refractivity contribution in [1.82, 2.24) is 20.1 Å². The second-order valence-electron chi connectivity index (χ2n) is 5.27. The number of hydrazine groups is 1. The van der Waals surface area contributed by atoms with Crippen LogP contribution in [0.5, 0.6) is 0 Å². The van der Waals surface area contributed by atoms with E-state index in [0.717, 1.165) is 9.87 Å². The van der Waals surface area contributed by atoms with E-state index >= 15 is 0 Å². The third-order valence-electron chi connectivity index (χ3n) is 3.41. The average molecular weight is 362 g/mol. The lowest BCUT2D eigenvalue weighted by molar-refractivity contribution is -0.121. The van der Waals surface area contributed by atoms with E-state index in [1.165, 1.54) is 31.6 Å². The lowest BCUT2D eigenvalue weighted by atomic mass is 10.1. The Morgan fingerprint density at radius 3 is 2.48 bits per heavy atom. The molecular formula is C16H18N4O4S. The van der Waals surface area contributed by atoms with Gasteiger partial charge < -0.3 is 0 Å². The Labute approximate surface area is 145 Å². The number of benzene rings is 1. The van der Waals surface area contributed by atoms with Gasteiger partial charge in [0, 0.05) is 25.0 Å². The van der Waals surface area contributed by atoms with Gasteiger partial charge in [-0.1, -0.05) is 18.2 Å². The quantitative estimate of drug-likeness (QED) is 0.752.